The molecule has 1 N–H and O–H groups in total. The number of carbonyl (C=O) groups is 2. The first kappa shape index (κ1) is 31.9. The molecule has 4 aromatic rings. The number of nitrogens with zero attached hydrogens (tertiary/aromatic N) is 6. The van der Waals surface area contributed by atoms with Gasteiger partial charge in [-0.3, -0.25) is 0 Å². The highest BCUT2D eigenvalue weighted by Crippen LogP contribution is 2.43. The number of halogens is 10. The maximum Gasteiger partial charge on any atom is 0.419 e. The first-order chi connectivity index (χ1) is 19.0. The molecule has 0 radical (unpaired) electrons. The number of methoxy groups -OCH3 is 1. The lowest BCUT2D eigenvalue weighted by Crippen LogP contribution is -2.09. The number of hydrogen-bond donors (Lipinski definition) is 1. The largest absolute Gasteiger partial charge is 0.476 e. The van der Waals surface area contributed by atoms with E-state index >= 15 is 0 Å². The lowest BCUT2D eigenvalue weighted by Gasteiger charge is -2.13. The van der Waals surface area contributed by atoms with E-state index in [1.54, 1.807) is 0 Å². The van der Waals surface area contributed by atoms with Gasteiger partial charge in [-0.1, -0.05) is 56.8 Å². The van der Waals surface area contributed by atoms with E-state index in [9.17, 15) is 35.9 Å². The molecule has 2 aromatic heterocycles. The Kier molecular flexibility index (Phi) is 9.42. The third-order valence-electron chi connectivity index (χ3n) is 4.80. The Morgan fingerprint density at radius 1 is 0.756 bits per heavy atom. The number of ether oxygens (including phenoxy) is 1. The first-order valence-corrected chi connectivity index (χ1v) is 11.8. The molecule has 0 unspecified atom stereocenters. The molecule has 0 fully saturated rings. The van der Waals surface area contributed by atoms with E-state index < -0.39 is 61.2 Å². The molecule has 0 aliphatic rings. The molecule has 4 rings (SSSR count). The average Bonchev–Trinajstić information content (AvgIpc) is 3.53. The number of carboxylic acids is 1. The lowest BCUT2D eigenvalue weighted by atomic mass is 10.2. The second-order valence-corrected chi connectivity index (χ2v) is 8.97. The molecule has 41 heavy (non-hydrogen) atoms. The van der Waals surface area contributed by atoms with Gasteiger partial charge < -0.3 is 9.84 Å². The molecular formula is C21H10Cl4F6N6O4. The van der Waals surface area contributed by atoms with Crippen LogP contribution in [0.25, 0.3) is 11.4 Å². The molecular weight excluding hydrogens is 656 g/mol. The first-order valence-electron chi connectivity index (χ1n) is 10.2. The lowest BCUT2D eigenvalue weighted by molar-refractivity contribution is -0.138. The van der Waals surface area contributed by atoms with Crippen molar-refractivity contribution in [2.24, 2.45) is 0 Å². The summed E-state index contributed by atoms with van der Waals surface area (Å²) in [6.07, 6.45) is -7.44. The number of esters is 1. The van der Waals surface area contributed by atoms with Crippen molar-refractivity contribution in [3.63, 3.8) is 0 Å². The standard InChI is InChI=1S/C11H6Cl2F3N3O2.C10H4Cl2F3N3O2/c1-21-10(20)6-4-19(18-17-6)7-3-2-5(12)8(9(7)13)11(14,15)16;11-4-1-2-6(8(12)7(4)10(13,14)15)18-3-5(9(19)20)16-17-18/h2-4H,1H3;1-3H,(H,19,20). The minimum absolute atomic E-state index is 0.115. The Morgan fingerprint density at radius 3 is 1.49 bits per heavy atom. The fourth-order valence-corrected chi connectivity index (χ4v) is 4.36. The molecule has 0 atom stereocenters. The summed E-state index contributed by atoms with van der Waals surface area (Å²) >= 11 is 22.4. The number of rotatable bonds is 4. The van der Waals surface area contributed by atoms with Gasteiger partial charge in [0.15, 0.2) is 11.4 Å². The van der Waals surface area contributed by atoms with Crippen LogP contribution in [-0.4, -0.2) is 54.1 Å². The highest BCUT2D eigenvalue weighted by atomic mass is 35.5. The summed E-state index contributed by atoms with van der Waals surface area (Å²) in [6.45, 7) is 0. The van der Waals surface area contributed by atoms with Crippen LogP contribution in [0.1, 0.15) is 32.1 Å². The molecule has 0 saturated heterocycles. The maximum atomic E-state index is 12.9. The van der Waals surface area contributed by atoms with Crippen molar-refractivity contribution in [1.29, 1.82) is 0 Å². The van der Waals surface area contributed by atoms with E-state index in [1.807, 2.05) is 0 Å². The summed E-state index contributed by atoms with van der Waals surface area (Å²) in [5, 5.41) is 20.0. The molecule has 0 bridgehead atoms. The number of aromatic nitrogens is 6. The van der Waals surface area contributed by atoms with E-state index in [0.29, 0.717) is 0 Å². The zero-order valence-corrected chi connectivity index (χ0v) is 22.6. The van der Waals surface area contributed by atoms with Crippen LogP contribution in [0.5, 0.6) is 0 Å². The van der Waals surface area contributed by atoms with E-state index in [0.717, 1.165) is 41.0 Å². The number of benzene rings is 2. The normalized spacial score (nSPS) is 11.6. The van der Waals surface area contributed by atoms with E-state index in [4.69, 9.17) is 51.5 Å². The van der Waals surface area contributed by atoms with Crippen LogP contribution in [0.3, 0.4) is 0 Å². The third-order valence-corrected chi connectivity index (χ3v) is 6.20. The fourth-order valence-electron chi connectivity index (χ4n) is 3.02. The summed E-state index contributed by atoms with van der Waals surface area (Å²) < 4.78 is 83.4. The molecule has 2 heterocycles. The van der Waals surface area contributed by atoms with Gasteiger partial charge in [0.2, 0.25) is 0 Å². The minimum atomic E-state index is -4.75. The molecule has 0 amide bonds. The Labute approximate surface area is 243 Å². The molecule has 0 saturated carbocycles. The Bertz CT molecular complexity index is 1620. The van der Waals surface area contributed by atoms with Crippen molar-refractivity contribution >= 4 is 58.3 Å². The van der Waals surface area contributed by atoms with Crippen molar-refractivity contribution in [1.82, 2.24) is 30.0 Å². The van der Waals surface area contributed by atoms with E-state index in [-0.39, 0.29) is 17.1 Å². The van der Waals surface area contributed by atoms with Gasteiger partial charge in [0.25, 0.3) is 0 Å². The van der Waals surface area contributed by atoms with Crippen molar-refractivity contribution in [3.8, 4) is 11.4 Å². The summed E-state index contributed by atoms with van der Waals surface area (Å²) in [5.41, 5.74) is -3.29. The maximum absolute atomic E-state index is 12.9. The van der Waals surface area contributed by atoms with Gasteiger partial charge in [0, 0.05) is 0 Å². The number of aromatic carboxylic acids is 1. The fraction of sp³-hybridized carbons (Fsp3) is 0.143. The quantitative estimate of drug-likeness (QED) is 0.189. The summed E-state index contributed by atoms with van der Waals surface area (Å²) in [7, 11) is 1.14. The van der Waals surface area contributed by atoms with Gasteiger partial charge >= 0.3 is 24.3 Å². The predicted octanol–water partition coefficient (Wildman–Crippen LogP) is 6.67. The monoisotopic (exact) mass is 664 g/mol. The van der Waals surface area contributed by atoms with Crippen LogP contribution in [0.4, 0.5) is 26.3 Å². The average molecular weight is 666 g/mol. The number of carbonyl (C=O) groups excluding carboxylic acids is 1. The number of carboxylic acid groups (broad SMARTS) is 1. The second kappa shape index (κ2) is 12.1. The van der Waals surface area contributed by atoms with Gasteiger partial charge in [-0.15, -0.1) is 10.2 Å². The molecule has 2 aromatic carbocycles. The van der Waals surface area contributed by atoms with Crippen molar-refractivity contribution in [2.45, 2.75) is 12.4 Å². The SMILES string of the molecule is COC(=O)c1cn(-c2ccc(Cl)c(C(F)(F)F)c2Cl)nn1.O=C(O)c1cn(-c2ccc(Cl)c(C(F)(F)F)c2Cl)nn1. The highest BCUT2D eigenvalue weighted by Gasteiger charge is 2.38. The van der Waals surface area contributed by atoms with Gasteiger partial charge in [-0.2, -0.15) is 26.3 Å². The Morgan fingerprint density at radius 2 is 1.15 bits per heavy atom. The van der Waals surface area contributed by atoms with Crippen molar-refractivity contribution in [2.75, 3.05) is 7.11 Å². The third kappa shape index (κ3) is 7.01. The van der Waals surface area contributed by atoms with Gasteiger partial charge in [0.05, 0.1) is 62.1 Å². The molecule has 0 aliphatic carbocycles. The Balaban J connectivity index is 0.000000226. The highest BCUT2D eigenvalue weighted by molar-refractivity contribution is 6.38. The zero-order valence-electron chi connectivity index (χ0n) is 19.6. The van der Waals surface area contributed by atoms with Gasteiger partial charge in [0.1, 0.15) is 0 Å². The molecule has 10 nitrogen and oxygen atoms in total. The number of hydrogen-bond acceptors (Lipinski definition) is 7. The molecule has 20 heteroatoms. The molecule has 218 valence electrons. The summed E-state index contributed by atoms with van der Waals surface area (Å²) in [4.78, 5) is 21.9. The predicted molar refractivity (Wildman–Crippen MR) is 131 cm³/mol. The van der Waals surface area contributed by atoms with Crippen LogP contribution in [-0.2, 0) is 17.1 Å². The van der Waals surface area contributed by atoms with Crippen LogP contribution in [0.2, 0.25) is 20.1 Å². The van der Waals surface area contributed by atoms with Gasteiger partial charge in [-0.05, 0) is 24.3 Å². The zero-order chi connectivity index (χ0) is 30.9. The van der Waals surface area contributed by atoms with Crippen molar-refractivity contribution < 1.29 is 45.8 Å². The van der Waals surface area contributed by atoms with Crippen LogP contribution < -0.4 is 0 Å². The topological polar surface area (TPSA) is 125 Å². The molecule has 0 aliphatic heterocycles. The summed E-state index contributed by atoms with van der Waals surface area (Å²) in [5.74, 6) is -2.14. The van der Waals surface area contributed by atoms with Crippen LogP contribution >= 0.6 is 46.4 Å². The second-order valence-electron chi connectivity index (χ2n) is 7.40. The van der Waals surface area contributed by atoms with Crippen LogP contribution in [0, 0.1) is 0 Å². The van der Waals surface area contributed by atoms with E-state index in [2.05, 4.69) is 25.4 Å². The minimum Gasteiger partial charge on any atom is -0.476 e. The van der Waals surface area contributed by atoms with Crippen LogP contribution in [0.15, 0.2) is 36.7 Å². The number of alkyl halides is 6. The Hall–Kier alpha value is -3.60. The smallest absolute Gasteiger partial charge is 0.419 e. The molecule has 0 spiro atoms. The van der Waals surface area contributed by atoms with Crippen molar-refractivity contribution in [3.05, 3.63) is 79.3 Å². The van der Waals surface area contributed by atoms with Gasteiger partial charge in [-0.25, -0.2) is 19.0 Å². The van der Waals surface area contributed by atoms with E-state index in [1.165, 1.54) is 12.1 Å². The summed E-state index contributed by atoms with van der Waals surface area (Å²) in [6, 6.07) is 4.44.